The van der Waals surface area contributed by atoms with E-state index in [1.165, 1.54) is 77.0 Å². The molecule has 0 N–H and O–H groups in total. The van der Waals surface area contributed by atoms with Crippen LogP contribution in [0.3, 0.4) is 0 Å². The minimum absolute atomic E-state index is 0.542. The Morgan fingerprint density at radius 3 is 1.47 bits per heavy atom. The number of nitrogens with zero attached hydrogens (tertiary/aromatic N) is 3. The van der Waals surface area contributed by atoms with E-state index in [-0.39, 0.29) is 0 Å². The Kier molecular flexibility index (Phi) is 9.11. The molecule has 0 saturated carbocycles. The van der Waals surface area contributed by atoms with Crippen molar-refractivity contribution in [3.8, 4) is 33.6 Å². The number of hydrogen-bond acceptors (Lipinski definition) is 1. The van der Waals surface area contributed by atoms with Gasteiger partial charge in [0.05, 0.1) is 27.5 Å². The quantitative estimate of drug-likeness (QED) is 0.148. The summed E-state index contributed by atoms with van der Waals surface area (Å²) < 4.78 is 4.87. The summed E-state index contributed by atoms with van der Waals surface area (Å²) in [5.74, 6) is 0. The summed E-state index contributed by atoms with van der Waals surface area (Å²) in [5, 5.41) is 4.84. The summed E-state index contributed by atoms with van der Waals surface area (Å²) in [6.45, 7) is 0. The Hall–Kier alpha value is -9.18. The van der Waals surface area contributed by atoms with E-state index in [0.29, 0.717) is 0 Å². The molecule has 0 aliphatic heterocycles. The van der Waals surface area contributed by atoms with Crippen molar-refractivity contribution in [2.45, 2.75) is 5.41 Å². The lowest BCUT2D eigenvalue weighted by atomic mass is 9.67. The summed E-state index contributed by atoms with van der Waals surface area (Å²) in [5.41, 5.74) is 19.6. The minimum Gasteiger partial charge on any atom is -0.310 e. The van der Waals surface area contributed by atoms with Gasteiger partial charge in [0, 0.05) is 55.5 Å². The van der Waals surface area contributed by atoms with Gasteiger partial charge in [-0.15, -0.1) is 0 Å². The Morgan fingerprint density at radius 1 is 0.286 bits per heavy atom. The second-order valence-electron chi connectivity index (χ2n) is 18.4. The average molecular weight is 892 g/mol. The molecule has 13 aromatic rings. The van der Waals surface area contributed by atoms with Crippen LogP contribution in [0, 0.1) is 0 Å². The van der Waals surface area contributed by atoms with Crippen molar-refractivity contribution in [2.24, 2.45) is 0 Å². The highest BCUT2D eigenvalue weighted by molar-refractivity contribution is 6.17. The third-order valence-corrected chi connectivity index (χ3v) is 14.7. The Balaban J connectivity index is 1.07. The van der Waals surface area contributed by atoms with Crippen LogP contribution in [0.2, 0.25) is 0 Å². The van der Waals surface area contributed by atoms with Gasteiger partial charge in [0.1, 0.15) is 0 Å². The molecule has 3 nitrogen and oxygen atoms in total. The molecule has 3 heteroatoms. The van der Waals surface area contributed by atoms with Gasteiger partial charge in [0.15, 0.2) is 0 Å². The van der Waals surface area contributed by atoms with Gasteiger partial charge in [-0.2, -0.15) is 0 Å². The Morgan fingerprint density at radius 2 is 0.800 bits per heavy atom. The van der Waals surface area contributed by atoms with Crippen LogP contribution in [0.5, 0.6) is 0 Å². The van der Waals surface area contributed by atoms with Crippen LogP contribution in [-0.4, -0.2) is 9.13 Å². The summed E-state index contributed by atoms with van der Waals surface area (Å²) in [7, 11) is 0. The lowest BCUT2D eigenvalue weighted by molar-refractivity contribution is 0.768. The largest absolute Gasteiger partial charge is 0.310 e. The van der Waals surface area contributed by atoms with Gasteiger partial charge in [0.25, 0.3) is 0 Å². The first-order valence-corrected chi connectivity index (χ1v) is 24.2. The summed E-state index contributed by atoms with van der Waals surface area (Å²) >= 11 is 0. The van der Waals surface area contributed by atoms with Crippen LogP contribution in [-0.2, 0) is 5.41 Å². The average Bonchev–Trinajstić information content (AvgIpc) is 4.06. The van der Waals surface area contributed by atoms with E-state index < -0.39 is 5.41 Å². The predicted octanol–water partition coefficient (Wildman–Crippen LogP) is 17.4. The van der Waals surface area contributed by atoms with Crippen molar-refractivity contribution < 1.29 is 0 Å². The van der Waals surface area contributed by atoms with Gasteiger partial charge in [0.2, 0.25) is 0 Å². The standard InChI is InChI=1S/C67H45N3/c1-6-22-47(23-7-1)67(48-24-8-2-9-25-48)61-35-19-16-32-54(61)55-40-39-52(45-62(55)67)68(49-26-10-3-11-27-49)53-43-58(66-60(44-53)57-34-18-21-37-64(57)70(66)51-30-14-5-15-31-51)46-38-41-65-59(42-46)56-33-17-20-36-63(56)69(65)50-28-12-4-13-29-50/h1-45H. The highest BCUT2D eigenvalue weighted by Crippen LogP contribution is 2.57. The summed E-state index contributed by atoms with van der Waals surface area (Å²) in [6.07, 6.45) is 0. The van der Waals surface area contributed by atoms with Crippen molar-refractivity contribution in [1.82, 2.24) is 9.13 Å². The van der Waals surface area contributed by atoms with Gasteiger partial charge in [-0.3, -0.25) is 0 Å². The fourth-order valence-corrected chi connectivity index (χ4v) is 11.9. The van der Waals surface area contributed by atoms with Crippen molar-refractivity contribution in [3.05, 3.63) is 295 Å². The molecule has 0 amide bonds. The van der Waals surface area contributed by atoms with Crippen LogP contribution in [0.4, 0.5) is 17.1 Å². The fraction of sp³-hybridized carbons (Fsp3) is 0.0149. The number of aromatic nitrogens is 2. The molecule has 0 atom stereocenters. The monoisotopic (exact) mass is 891 g/mol. The van der Waals surface area contributed by atoms with E-state index in [0.717, 1.165) is 39.6 Å². The lowest BCUT2D eigenvalue weighted by Crippen LogP contribution is -2.28. The maximum Gasteiger partial charge on any atom is 0.0714 e. The molecule has 0 bridgehead atoms. The highest BCUT2D eigenvalue weighted by atomic mass is 15.1. The van der Waals surface area contributed by atoms with E-state index >= 15 is 0 Å². The second-order valence-corrected chi connectivity index (χ2v) is 18.4. The Labute approximate surface area is 407 Å². The highest BCUT2D eigenvalue weighted by Gasteiger charge is 2.46. The number of fused-ring (bicyclic) bond motifs is 9. The molecule has 11 aromatic carbocycles. The van der Waals surface area contributed by atoms with Crippen LogP contribution in [0.25, 0.3) is 77.2 Å². The first-order valence-electron chi connectivity index (χ1n) is 24.2. The smallest absolute Gasteiger partial charge is 0.0714 e. The third kappa shape index (κ3) is 5.95. The van der Waals surface area contributed by atoms with E-state index in [2.05, 4.69) is 287 Å². The number of rotatable bonds is 8. The molecule has 0 radical (unpaired) electrons. The molecule has 1 aliphatic carbocycles. The van der Waals surface area contributed by atoms with Gasteiger partial charge >= 0.3 is 0 Å². The van der Waals surface area contributed by atoms with Gasteiger partial charge in [-0.1, -0.05) is 188 Å². The van der Waals surface area contributed by atoms with E-state index in [9.17, 15) is 0 Å². The van der Waals surface area contributed by atoms with E-state index in [1.54, 1.807) is 0 Å². The lowest BCUT2D eigenvalue weighted by Gasteiger charge is -2.35. The first kappa shape index (κ1) is 39.9. The van der Waals surface area contributed by atoms with Gasteiger partial charge in [-0.25, -0.2) is 0 Å². The van der Waals surface area contributed by atoms with Gasteiger partial charge in [-0.05, 0) is 124 Å². The number of benzene rings is 11. The molecule has 70 heavy (non-hydrogen) atoms. The molecule has 0 saturated heterocycles. The predicted molar refractivity (Wildman–Crippen MR) is 293 cm³/mol. The maximum atomic E-state index is 2.48. The van der Waals surface area contributed by atoms with Crippen molar-refractivity contribution in [3.63, 3.8) is 0 Å². The van der Waals surface area contributed by atoms with Crippen LogP contribution in [0.1, 0.15) is 22.3 Å². The summed E-state index contributed by atoms with van der Waals surface area (Å²) in [4.78, 5) is 2.47. The number of anilines is 3. The second kappa shape index (κ2) is 16.0. The normalized spacial score (nSPS) is 12.7. The molecule has 328 valence electrons. The van der Waals surface area contributed by atoms with Crippen molar-refractivity contribution >= 4 is 60.7 Å². The molecular formula is C67H45N3. The van der Waals surface area contributed by atoms with Crippen LogP contribution in [0.15, 0.2) is 273 Å². The van der Waals surface area contributed by atoms with Crippen molar-refractivity contribution in [1.29, 1.82) is 0 Å². The molecule has 2 aromatic heterocycles. The zero-order chi connectivity index (χ0) is 46.2. The molecule has 1 aliphatic rings. The van der Waals surface area contributed by atoms with E-state index in [1.807, 2.05) is 0 Å². The maximum absolute atomic E-state index is 2.48. The zero-order valence-corrected chi connectivity index (χ0v) is 38.3. The molecule has 2 heterocycles. The summed E-state index contributed by atoms with van der Waals surface area (Å²) in [6, 6.07) is 100. The Bertz CT molecular complexity index is 4060. The minimum atomic E-state index is -0.542. The van der Waals surface area contributed by atoms with Crippen LogP contribution >= 0.6 is 0 Å². The molecule has 0 spiro atoms. The zero-order valence-electron chi connectivity index (χ0n) is 38.3. The first-order chi connectivity index (χ1) is 34.8. The topological polar surface area (TPSA) is 13.1 Å². The number of hydrogen-bond donors (Lipinski definition) is 0. The molecule has 0 fully saturated rings. The molecular weight excluding hydrogens is 847 g/mol. The third-order valence-electron chi connectivity index (χ3n) is 14.7. The molecule has 14 rings (SSSR count). The van der Waals surface area contributed by atoms with Crippen molar-refractivity contribution in [2.75, 3.05) is 4.90 Å². The van der Waals surface area contributed by atoms with Gasteiger partial charge < -0.3 is 14.0 Å². The molecule has 0 unspecified atom stereocenters. The van der Waals surface area contributed by atoms with Crippen LogP contribution < -0.4 is 4.90 Å². The van der Waals surface area contributed by atoms with E-state index in [4.69, 9.17) is 0 Å². The number of para-hydroxylation sites is 5. The fourth-order valence-electron chi connectivity index (χ4n) is 11.9. The SMILES string of the molecule is c1ccc(N(c2ccc3c(c2)C(c2ccccc2)(c2ccccc2)c2ccccc2-3)c2cc(-c3ccc4c(c3)c3ccccc3n4-c3ccccc3)c3c(c2)c2ccccc2n3-c2ccccc2)cc1.